The summed E-state index contributed by atoms with van der Waals surface area (Å²) in [5.74, 6) is 2.91. The Morgan fingerprint density at radius 1 is 1.39 bits per heavy atom. The Hall–Kier alpha value is -0.890. The van der Waals surface area contributed by atoms with Crippen LogP contribution in [0.25, 0.3) is 0 Å². The summed E-state index contributed by atoms with van der Waals surface area (Å²) < 4.78 is 0. The van der Waals surface area contributed by atoms with Crippen LogP contribution in [0.1, 0.15) is 65.7 Å². The molecule has 2 N–H and O–H groups in total. The van der Waals surface area contributed by atoms with E-state index in [1.807, 2.05) is 0 Å². The van der Waals surface area contributed by atoms with Crippen molar-refractivity contribution < 1.29 is 4.79 Å². The number of rotatable bonds is 5. The van der Waals surface area contributed by atoms with Gasteiger partial charge in [-0.1, -0.05) is 38.0 Å². The third-order valence-corrected chi connectivity index (χ3v) is 7.25. The van der Waals surface area contributed by atoms with Crippen molar-refractivity contribution >= 4 is 5.78 Å². The minimum Gasteiger partial charge on any atom is -0.330 e. The maximum atomic E-state index is 13.4. The van der Waals surface area contributed by atoms with E-state index in [9.17, 15) is 4.79 Å². The van der Waals surface area contributed by atoms with Gasteiger partial charge in [0.2, 0.25) is 0 Å². The second kappa shape index (κ2) is 6.20. The van der Waals surface area contributed by atoms with Crippen LogP contribution in [0.2, 0.25) is 0 Å². The van der Waals surface area contributed by atoms with Gasteiger partial charge >= 0.3 is 0 Å². The minimum absolute atomic E-state index is 0.351. The topological polar surface area (TPSA) is 43.1 Å². The quantitative estimate of drug-likeness (QED) is 0.750. The first-order valence-electron chi connectivity index (χ1n) is 9.61. The SMILES string of the molecule is C=C(CCCN)C12C(=O)CCC(CC1CC)C1CC(C)C(C)=C12. The van der Waals surface area contributed by atoms with Crippen LogP contribution in [0.15, 0.2) is 23.3 Å². The van der Waals surface area contributed by atoms with E-state index in [-0.39, 0.29) is 5.41 Å². The zero-order valence-electron chi connectivity index (χ0n) is 15.2. The van der Waals surface area contributed by atoms with Gasteiger partial charge in [0.15, 0.2) is 0 Å². The predicted octanol–water partition coefficient (Wildman–Crippen LogP) is 4.65. The zero-order chi connectivity index (χ0) is 16.8. The molecule has 0 aromatic heterocycles. The molecular formula is C21H33NO. The van der Waals surface area contributed by atoms with E-state index in [4.69, 9.17) is 5.73 Å². The summed E-state index contributed by atoms with van der Waals surface area (Å²) in [7, 11) is 0. The standard InChI is InChI=1S/C21H33NO/c1-5-17-12-16-8-9-19(23)21(17,14(3)7-6-10-22)20-15(4)13(2)11-18(16)20/h13,16-18H,3,5-12,22H2,1-2,4H3. The molecule has 3 fully saturated rings. The lowest BCUT2D eigenvalue weighted by Gasteiger charge is -2.49. The van der Waals surface area contributed by atoms with Crippen molar-refractivity contribution in [2.75, 3.05) is 6.54 Å². The molecule has 4 aliphatic carbocycles. The van der Waals surface area contributed by atoms with Gasteiger partial charge in [-0.05, 0) is 74.8 Å². The van der Waals surface area contributed by atoms with E-state index in [0.29, 0.717) is 30.1 Å². The Bertz CT molecular complexity index is 546. The minimum atomic E-state index is -0.351. The number of allylic oxidation sites excluding steroid dienone is 3. The average Bonchev–Trinajstić information content (AvgIpc) is 2.70. The summed E-state index contributed by atoms with van der Waals surface area (Å²) >= 11 is 0. The molecule has 0 aliphatic heterocycles. The smallest absolute Gasteiger partial charge is 0.147 e. The first kappa shape index (κ1) is 17.0. The van der Waals surface area contributed by atoms with Crippen molar-refractivity contribution in [3.63, 3.8) is 0 Å². The highest BCUT2D eigenvalue weighted by Gasteiger charge is 2.60. The van der Waals surface area contributed by atoms with Crippen LogP contribution in [0, 0.1) is 29.1 Å². The maximum absolute atomic E-state index is 13.4. The lowest BCUT2D eigenvalue weighted by Crippen LogP contribution is -2.46. The van der Waals surface area contributed by atoms with E-state index < -0.39 is 0 Å². The summed E-state index contributed by atoms with van der Waals surface area (Å²) in [4.78, 5) is 13.4. The van der Waals surface area contributed by atoms with Gasteiger partial charge in [0, 0.05) is 6.42 Å². The lowest BCUT2D eigenvalue weighted by atomic mass is 9.53. The van der Waals surface area contributed by atoms with Crippen molar-refractivity contribution in [3.8, 4) is 0 Å². The van der Waals surface area contributed by atoms with Crippen LogP contribution in [-0.2, 0) is 4.79 Å². The summed E-state index contributed by atoms with van der Waals surface area (Å²) in [6.45, 7) is 12.1. The van der Waals surface area contributed by atoms with Gasteiger partial charge < -0.3 is 5.73 Å². The van der Waals surface area contributed by atoms with Gasteiger partial charge in [0.05, 0.1) is 5.41 Å². The molecule has 0 aromatic rings. The van der Waals surface area contributed by atoms with Gasteiger partial charge in [-0.15, -0.1) is 0 Å². The fraction of sp³-hybridized carbons (Fsp3) is 0.762. The van der Waals surface area contributed by atoms with Gasteiger partial charge in [0.25, 0.3) is 0 Å². The fourth-order valence-electron chi connectivity index (χ4n) is 6.06. The van der Waals surface area contributed by atoms with Gasteiger partial charge in [-0.25, -0.2) is 0 Å². The first-order chi connectivity index (χ1) is 11.0. The molecule has 23 heavy (non-hydrogen) atoms. The highest BCUT2D eigenvalue weighted by atomic mass is 16.1. The third-order valence-electron chi connectivity index (χ3n) is 7.25. The van der Waals surface area contributed by atoms with E-state index >= 15 is 0 Å². The molecule has 0 radical (unpaired) electrons. The Kier molecular flexibility index (Phi) is 4.57. The van der Waals surface area contributed by atoms with Crippen LogP contribution in [0.4, 0.5) is 0 Å². The van der Waals surface area contributed by atoms with Crippen molar-refractivity contribution in [2.45, 2.75) is 65.7 Å². The van der Waals surface area contributed by atoms with E-state index in [0.717, 1.165) is 38.0 Å². The molecule has 3 saturated carbocycles. The Morgan fingerprint density at radius 2 is 2.13 bits per heavy atom. The van der Waals surface area contributed by atoms with Crippen LogP contribution in [0.5, 0.6) is 0 Å². The molecule has 0 spiro atoms. The summed E-state index contributed by atoms with van der Waals surface area (Å²) in [6.07, 6.45) is 7.25. The largest absolute Gasteiger partial charge is 0.330 e. The Morgan fingerprint density at radius 3 is 2.78 bits per heavy atom. The van der Waals surface area contributed by atoms with Crippen molar-refractivity contribution in [1.29, 1.82) is 0 Å². The molecule has 4 aliphatic rings. The number of ketones is 1. The van der Waals surface area contributed by atoms with Crippen LogP contribution in [0.3, 0.4) is 0 Å². The molecule has 0 saturated heterocycles. The van der Waals surface area contributed by atoms with E-state index in [2.05, 4.69) is 27.4 Å². The molecule has 5 unspecified atom stereocenters. The Labute approximate surface area is 141 Å². The predicted molar refractivity (Wildman–Crippen MR) is 96.0 cm³/mol. The maximum Gasteiger partial charge on any atom is 0.147 e. The molecule has 0 aromatic carbocycles. The van der Waals surface area contributed by atoms with E-state index in [1.165, 1.54) is 29.6 Å². The Balaban J connectivity index is 2.17. The summed E-state index contributed by atoms with van der Waals surface area (Å²) in [5, 5.41) is 0. The van der Waals surface area contributed by atoms with Crippen molar-refractivity contribution in [2.24, 2.45) is 34.8 Å². The highest BCUT2D eigenvalue weighted by Crippen LogP contribution is 2.65. The molecule has 0 heterocycles. The van der Waals surface area contributed by atoms with Crippen molar-refractivity contribution in [3.05, 3.63) is 23.3 Å². The number of hydrogen-bond donors (Lipinski definition) is 1. The number of hydrogen-bond acceptors (Lipinski definition) is 2. The molecule has 2 bridgehead atoms. The van der Waals surface area contributed by atoms with Crippen LogP contribution < -0.4 is 5.73 Å². The average molecular weight is 316 g/mol. The van der Waals surface area contributed by atoms with Gasteiger partial charge in [-0.2, -0.15) is 0 Å². The zero-order valence-corrected chi connectivity index (χ0v) is 15.2. The summed E-state index contributed by atoms with van der Waals surface area (Å²) in [5.41, 5.74) is 9.59. The molecule has 2 nitrogen and oxygen atoms in total. The molecular weight excluding hydrogens is 282 g/mol. The number of fused-ring (bicyclic) bond motifs is 3. The highest BCUT2D eigenvalue weighted by molar-refractivity contribution is 5.93. The monoisotopic (exact) mass is 315 g/mol. The molecule has 128 valence electrons. The molecule has 5 atom stereocenters. The third kappa shape index (κ3) is 2.28. The normalized spacial score (nSPS) is 39.6. The first-order valence-corrected chi connectivity index (χ1v) is 9.61. The van der Waals surface area contributed by atoms with Crippen molar-refractivity contribution in [1.82, 2.24) is 0 Å². The second-order valence-electron chi connectivity index (χ2n) is 8.21. The van der Waals surface area contributed by atoms with Gasteiger partial charge in [0.1, 0.15) is 5.78 Å². The number of nitrogens with two attached hydrogens (primary N) is 1. The molecule has 0 amide bonds. The molecule has 2 heteroatoms. The van der Waals surface area contributed by atoms with Crippen LogP contribution >= 0.6 is 0 Å². The fourth-order valence-corrected chi connectivity index (χ4v) is 6.06. The number of carbonyl (C=O) groups is 1. The van der Waals surface area contributed by atoms with E-state index in [1.54, 1.807) is 0 Å². The van der Waals surface area contributed by atoms with Gasteiger partial charge in [-0.3, -0.25) is 4.79 Å². The number of Topliss-reactive ketones (excluding diaryl/α,β-unsaturated/α-hetero) is 1. The molecule has 4 rings (SSSR count). The number of carbonyl (C=O) groups excluding carboxylic acids is 1. The van der Waals surface area contributed by atoms with Crippen LogP contribution in [-0.4, -0.2) is 12.3 Å². The summed E-state index contributed by atoms with van der Waals surface area (Å²) in [6, 6.07) is 0. The second-order valence-corrected chi connectivity index (χ2v) is 8.21. The lowest BCUT2D eigenvalue weighted by molar-refractivity contribution is -0.127.